The number of hydrogen-bond donors (Lipinski definition) is 1. The highest BCUT2D eigenvalue weighted by atomic mass is 35.5. The van der Waals surface area contributed by atoms with Crippen molar-refractivity contribution in [2.45, 2.75) is 31.7 Å². The molecule has 1 aliphatic carbocycles. The quantitative estimate of drug-likeness (QED) is 0.545. The van der Waals surface area contributed by atoms with Gasteiger partial charge < -0.3 is 9.55 Å². The van der Waals surface area contributed by atoms with Crippen molar-refractivity contribution in [1.82, 2.24) is 29.5 Å². The monoisotopic (exact) mass is 405 g/mol. The summed E-state index contributed by atoms with van der Waals surface area (Å²) in [6, 6.07) is 8.50. The number of halogens is 2. The van der Waals surface area contributed by atoms with Crippen LogP contribution in [0.15, 0.2) is 36.9 Å². The third-order valence-electron chi connectivity index (χ3n) is 5.07. The molecule has 0 aliphatic heterocycles. The van der Waals surface area contributed by atoms with Crippen LogP contribution in [0.25, 0.3) is 22.2 Å². The van der Waals surface area contributed by atoms with Gasteiger partial charge in [0.05, 0.1) is 17.4 Å². The minimum absolute atomic E-state index is 0. The van der Waals surface area contributed by atoms with E-state index in [4.69, 9.17) is 0 Å². The zero-order chi connectivity index (χ0) is 16.8. The molecule has 7 nitrogen and oxygen atoms in total. The molecule has 0 unspecified atom stereocenters. The van der Waals surface area contributed by atoms with Crippen molar-refractivity contribution in [3.8, 4) is 0 Å². The second-order valence-electron chi connectivity index (χ2n) is 6.60. The number of nitrogens with zero attached hydrogens (tertiary/aromatic N) is 6. The maximum atomic E-state index is 4.66. The van der Waals surface area contributed by atoms with Crippen molar-refractivity contribution in [2.24, 2.45) is 0 Å². The van der Waals surface area contributed by atoms with Crippen molar-refractivity contribution in [2.75, 3.05) is 11.9 Å². The van der Waals surface area contributed by atoms with Gasteiger partial charge in [-0.15, -0.1) is 24.8 Å². The number of hydrogen-bond acceptors (Lipinski definition) is 5. The molecule has 0 spiro atoms. The van der Waals surface area contributed by atoms with Crippen LogP contribution in [-0.2, 0) is 0 Å². The molecule has 0 amide bonds. The fraction of sp³-hybridized carbons (Fsp3) is 0.333. The van der Waals surface area contributed by atoms with Crippen molar-refractivity contribution >= 4 is 58.8 Å². The Morgan fingerprint density at radius 3 is 2.63 bits per heavy atom. The second-order valence-corrected chi connectivity index (χ2v) is 6.60. The number of aromatic amines is 1. The fourth-order valence-electron chi connectivity index (χ4n) is 3.73. The summed E-state index contributed by atoms with van der Waals surface area (Å²) in [5.74, 6) is 1.51. The van der Waals surface area contributed by atoms with Gasteiger partial charge in [0.2, 0.25) is 5.95 Å². The van der Waals surface area contributed by atoms with Gasteiger partial charge in [-0.3, -0.25) is 4.90 Å². The Kier molecular flexibility index (Phi) is 5.53. The predicted molar refractivity (Wildman–Crippen MR) is 111 cm³/mol. The third-order valence-corrected chi connectivity index (χ3v) is 5.07. The van der Waals surface area contributed by atoms with Crippen molar-refractivity contribution in [3.63, 3.8) is 0 Å². The molecule has 1 saturated carbocycles. The van der Waals surface area contributed by atoms with Crippen LogP contribution in [0.5, 0.6) is 0 Å². The van der Waals surface area contributed by atoms with Crippen LogP contribution in [-0.4, -0.2) is 36.5 Å². The van der Waals surface area contributed by atoms with E-state index in [0.717, 1.165) is 34.0 Å². The molecule has 1 aromatic carbocycles. The number of para-hydroxylation sites is 2. The topological polar surface area (TPSA) is 75.5 Å². The Morgan fingerprint density at radius 2 is 1.85 bits per heavy atom. The molecule has 1 fully saturated rings. The van der Waals surface area contributed by atoms with Crippen molar-refractivity contribution in [3.05, 3.63) is 36.9 Å². The van der Waals surface area contributed by atoms with Crippen LogP contribution in [0.2, 0.25) is 0 Å². The van der Waals surface area contributed by atoms with Crippen LogP contribution in [0.3, 0.4) is 0 Å². The maximum absolute atomic E-state index is 4.66. The van der Waals surface area contributed by atoms with E-state index in [-0.39, 0.29) is 24.8 Å². The first-order valence-corrected chi connectivity index (χ1v) is 8.67. The first-order chi connectivity index (χ1) is 12.3. The Bertz CT molecular complexity index is 1020. The van der Waals surface area contributed by atoms with Gasteiger partial charge in [-0.05, 0) is 25.0 Å². The van der Waals surface area contributed by atoms with Gasteiger partial charge >= 0.3 is 0 Å². The molecule has 0 bridgehead atoms. The van der Waals surface area contributed by atoms with Crippen LogP contribution >= 0.6 is 24.8 Å². The molecule has 4 aromatic rings. The Labute approximate surface area is 169 Å². The average Bonchev–Trinajstić information content (AvgIpc) is 3.37. The SMILES string of the molecule is CN(c1nc2ccccc2[nH]1)c1ncnc2c1ncn2C1CCCC1.Cl.Cl. The standard InChI is InChI=1S/C18H19N7.2ClH/c1-24(18-22-13-8-4-5-9-14(13)23-18)16-15-17(20-10-19-16)25(11-21-15)12-6-2-3-7-12;;/h4-5,8-12H,2-3,6-7H2,1H3,(H,22,23);2*1H. The lowest BCUT2D eigenvalue weighted by Gasteiger charge is -2.15. The zero-order valence-electron chi connectivity index (χ0n) is 14.9. The summed E-state index contributed by atoms with van der Waals surface area (Å²) in [7, 11) is 1.95. The molecule has 0 radical (unpaired) electrons. The smallest absolute Gasteiger partial charge is 0.209 e. The number of nitrogens with one attached hydrogen (secondary N) is 1. The number of benzene rings is 1. The van der Waals surface area contributed by atoms with E-state index in [1.165, 1.54) is 25.7 Å². The summed E-state index contributed by atoms with van der Waals surface area (Å²) >= 11 is 0. The second kappa shape index (κ2) is 7.70. The van der Waals surface area contributed by atoms with E-state index in [9.17, 15) is 0 Å². The summed E-state index contributed by atoms with van der Waals surface area (Å²) in [6.45, 7) is 0. The van der Waals surface area contributed by atoms with Crippen LogP contribution in [0, 0.1) is 0 Å². The molecular weight excluding hydrogens is 385 g/mol. The molecule has 27 heavy (non-hydrogen) atoms. The number of aromatic nitrogens is 6. The van der Waals surface area contributed by atoms with Gasteiger partial charge in [0, 0.05) is 13.1 Å². The molecule has 3 heterocycles. The van der Waals surface area contributed by atoms with Crippen molar-refractivity contribution in [1.29, 1.82) is 0 Å². The first-order valence-electron chi connectivity index (χ1n) is 8.67. The summed E-state index contributed by atoms with van der Waals surface area (Å²) in [4.78, 5) is 23.5. The van der Waals surface area contributed by atoms with Gasteiger partial charge in [0.25, 0.3) is 0 Å². The average molecular weight is 406 g/mol. The normalized spacial score (nSPS) is 14.3. The van der Waals surface area contributed by atoms with Gasteiger partial charge in [0.1, 0.15) is 6.33 Å². The van der Waals surface area contributed by atoms with E-state index in [0.29, 0.717) is 6.04 Å². The van der Waals surface area contributed by atoms with E-state index < -0.39 is 0 Å². The van der Waals surface area contributed by atoms with Gasteiger partial charge in [0.15, 0.2) is 17.0 Å². The van der Waals surface area contributed by atoms with E-state index in [2.05, 4.69) is 29.5 Å². The summed E-state index contributed by atoms with van der Waals surface area (Å²) < 4.78 is 2.21. The molecule has 1 aliphatic rings. The lowest BCUT2D eigenvalue weighted by atomic mass is 10.2. The number of imidazole rings is 2. The molecule has 142 valence electrons. The highest BCUT2D eigenvalue weighted by Crippen LogP contribution is 2.33. The third kappa shape index (κ3) is 3.21. The summed E-state index contributed by atoms with van der Waals surface area (Å²) in [5.41, 5.74) is 3.66. The van der Waals surface area contributed by atoms with Crippen LogP contribution in [0.4, 0.5) is 11.8 Å². The van der Waals surface area contributed by atoms with E-state index in [1.54, 1.807) is 6.33 Å². The minimum atomic E-state index is 0. The van der Waals surface area contributed by atoms with Crippen molar-refractivity contribution < 1.29 is 0 Å². The maximum Gasteiger partial charge on any atom is 0.209 e. The molecule has 0 atom stereocenters. The Hall–Kier alpha value is -2.38. The van der Waals surface area contributed by atoms with Crippen LogP contribution < -0.4 is 4.90 Å². The van der Waals surface area contributed by atoms with E-state index in [1.807, 2.05) is 42.5 Å². The lowest BCUT2D eigenvalue weighted by molar-refractivity contribution is 0.529. The fourth-order valence-corrected chi connectivity index (χ4v) is 3.73. The number of anilines is 2. The molecular formula is C18H21Cl2N7. The Balaban J connectivity index is 0.00000105. The number of H-pyrrole nitrogens is 1. The largest absolute Gasteiger partial charge is 0.324 e. The lowest BCUT2D eigenvalue weighted by Crippen LogP contribution is -2.14. The molecule has 0 saturated heterocycles. The predicted octanol–water partition coefficient (Wildman–Crippen LogP) is 4.43. The molecule has 5 rings (SSSR count). The molecule has 9 heteroatoms. The van der Waals surface area contributed by atoms with Crippen LogP contribution in [0.1, 0.15) is 31.7 Å². The molecule has 1 N–H and O–H groups in total. The van der Waals surface area contributed by atoms with Gasteiger partial charge in [-0.1, -0.05) is 25.0 Å². The summed E-state index contributed by atoms with van der Waals surface area (Å²) in [5, 5.41) is 0. The number of fused-ring (bicyclic) bond motifs is 2. The highest BCUT2D eigenvalue weighted by Gasteiger charge is 2.22. The van der Waals surface area contributed by atoms with Gasteiger partial charge in [-0.2, -0.15) is 0 Å². The minimum Gasteiger partial charge on any atom is -0.324 e. The zero-order valence-corrected chi connectivity index (χ0v) is 16.5. The number of rotatable bonds is 3. The Morgan fingerprint density at radius 1 is 1.07 bits per heavy atom. The summed E-state index contributed by atoms with van der Waals surface area (Å²) in [6.07, 6.45) is 8.48. The highest BCUT2D eigenvalue weighted by molar-refractivity contribution is 5.87. The first kappa shape index (κ1) is 19.4. The van der Waals surface area contributed by atoms with Gasteiger partial charge in [-0.25, -0.2) is 19.9 Å². The molecule has 3 aromatic heterocycles. The van der Waals surface area contributed by atoms with E-state index >= 15 is 0 Å².